The second kappa shape index (κ2) is 3.48. The van der Waals surface area contributed by atoms with Crippen LogP contribution < -0.4 is 11.5 Å². The molecule has 0 spiro atoms. The Hall–Kier alpha value is -0.860. The van der Waals surface area contributed by atoms with Gasteiger partial charge in [-0.15, -0.1) is 0 Å². The van der Waals surface area contributed by atoms with Crippen molar-refractivity contribution >= 4 is 0 Å². The van der Waals surface area contributed by atoms with Crippen LogP contribution in [0.1, 0.15) is 35.9 Å². The molecular weight excluding hydrogens is 160 g/mol. The lowest BCUT2D eigenvalue weighted by Crippen LogP contribution is -2.20. The van der Waals surface area contributed by atoms with Crippen LogP contribution in [0.3, 0.4) is 0 Å². The first-order valence-electron chi connectivity index (χ1n) is 4.87. The van der Waals surface area contributed by atoms with Crippen molar-refractivity contribution in [3.63, 3.8) is 0 Å². The Bertz CT molecular complexity index is 275. The summed E-state index contributed by atoms with van der Waals surface area (Å²) in [4.78, 5) is 0. The second-order valence-electron chi connectivity index (χ2n) is 3.78. The summed E-state index contributed by atoms with van der Waals surface area (Å²) in [5, 5.41) is 0. The molecule has 2 nitrogen and oxygen atoms in total. The van der Waals surface area contributed by atoms with Gasteiger partial charge in [0.25, 0.3) is 0 Å². The quantitative estimate of drug-likeness (QED) is 0.733. The number of benzene rings is 1. The maximum atomic E-state index is 5.81. The van der Waals surface area contributed by atoms with Crippen molar-refractivity contribution in [2.24, 2.45) is 11.5 Å². The van der Waals surface area contributed by atoms with Gasteiger partial charge in [0.15, 0.2) is 0 Å². The van der Waals surface area contributed by atoms with Gasteiger partial charge in [0.05, 0.1) is 0 Å². The van der Waals surface area contributed by atoms with E-state index in [0.29, 0.717) is 6.54 Å². The van der Waals surface area contributed by atoms with Gasteiger partial charge in [-0.3, -0.25) is 0 Å². The van der Waals surface area contributed by atoms with E-state index in [1.54, 1.807) is 0 Å². The highest BCUT2D eigenvalue weighted by Gasteiger charge is 2.23. The van der Waals surface area contributed by atoms with Gasteiger partial charge >= 0.3 is 0 Å². The molecule has 1 fully saturated rings. The van der Waals surface area contributed by atoms with Crippen LogP contribution in [0, 0.1) is 0 Å². The van der Waals surface area contributed by atoms with Crippen LogP contribution in [0.5, 0.6) is 0 Å². The molecule has 2 heteroatoms. The monoisotopic (exact) mass is 176 g/mol. The average Bonchev–Trinajstić information content (AvgIpc) is 3.00. The van der Waals surface area contributed by atoms with E-state index in [1.165, 1.54) is 18.4 Å². The van der Waals surface area contributed by atoms with Crippen molar-refractivity contribution in [3.8, 4) is 0 Å². The first kappa shape index (κ1) is 8.73. The molecule has 0 aromatic heterocycles. The fourth-order valence-corrected chi connectivity index (χ4v) is 1.57. The summed E-state index contributed by atoms with van der Waals surface area (Å²) in [7, 11) is 0. The van der Waals surface area contributed by atoms with Crippen LogP contribution in [0.2, 0.25) is 0 Å². The number of hydrogen-bond donors (Lipinski definition) is 2. The Kier molecular flexibility index (Phi) is 2.34. The molecule has 0 heterocycles. The fraction of sp³-hybridized carbons (Fsp3) is 0.455. The van der Waals surface area contributed by atoms with Gasteiger partial charge in [-0.05, 0) is 29.9 Å². The lowest BCUT2D eigenvalue weighted by atomic mass is 10.0. The standard InChI is InChI=1S/C11H16N2/c12-7-11(13)10-5-3-9(4-6-10)8-1-2-8/h3-6,8,11H,1-2,7,12-13H2. The van der Waals surface area contributed by atoms with Gasteiger partial charge in [-0.2, -0.15) is 0 Å². The molecule has 4 N–H and O–H groups in total. The molecule has 70 valence electrons. The number of hydrogen-bond acceptors (Lipinski definition) is 2. The molecule has 1 aromatic carbocycles. The lowest BCUT2D eigenvalue weighted by Gasteiger charge is -2.09. The van der Waals surface area contributed by atoms with Crippen molar-refractivity contribution in [1.29, 1.82) is 0 Å². The summed E-state index contributed by atoms with van der Waals surface area (Å²) in [5.74, 6) is 0.822. The Labute approximate surface area is 78.9 Å². The topological polar surface area (TPSA) is 52.0 Å². The molecule has 1 aliphatic carbocycles. The molecule has 1 atom stereocenters. The number of rotatable bonds is 3. The van der Waals surface area contributed by atoms with Crippen LogP contribution in [0.15, 0.2) is 24.3 Å². The lowest BCUT2D eigenvalue weighted by molar-refractivity contribution is 0.736. The van der Waals surface area contributed by atoms with Crippen molar-refractivity contribution in [2.45, 2.75) is 24.8 Å². The first-order chi connectivity index (χ1) is 6.31. The SMILES string of the molecule is NCC(N)c1ccc(C2CC2)cc1. The normalized spacial score (nSPS) is 18.6. The van der Waals surface area contributed by atoms with E-state index >= 15 is 0 Å². The molecule has 1 saturated carbocycles. The van der Waals surface area contributed by atoms with Crippen molar-refractivity contribution in [2.75, 3.05) is 6.54 Å². The predicted octanol–water partition coefficient (Wildman–Crippen LogP) is 1.52. The zero-order chi connectivity index (χ0) is 9.26. The first-order valence-corrected chi connectivity index (χ1v) is 4.87. The molecule has 0 radical (unpaired) electrons. The highest BCUT2D eigenvalue weighted by molar-refractivity contribution is 5.29. The van der Waals surface area contributed by atoms with Crippen molar-refractivity contribution in [3.05, 3.63) is 35.4 Å². The van der Waals surface area contributed by atoms with Crippen LogP contribution in [0.25, 0.3) is 0 Å². The van der Waals surface area contributed by atoms with Gasteiger partial charge in [0.2, 0.25) is 0 Å². The molecule has 0 bridgehead atoms. The van der Waals surface area contributed by atoms with Crippen molar-refractivity contribution < 1.29 is 0 Å². The van der Waals surface area contributed by atoms with E-state index < -0.39 is 0 Å². The molecule has 1 unspecified atom stereocenters. The second-order valence-corrected chi connectivity index (χ2v) is 3.78. The zero-order valence-electron chi connectivity index (χ0n) is 7.74. The van der Waals surface area contributed by atoms with Crippen LogP contribution >= 0.6 is 0 Å². The van der Waals surface area contributed by atoms with E-state index in [9.17, 15) is 0 Å². The molecule has 0 aliphatic heterocycles. The summed E-state index contributed by atoms with van der Waals surface area (Å²) < 4.78 is 0. The highest BCUT2D eigenvalue weighted by atomic mass is 14.7. The van der Waals surface area contributed by atoms with Gasteiger partial charge in [0.1, 0.15) is 0 Å². The van der Waals surface area contributed by atoms with Gasteiger partial charge < -0.3 is 11.5 Å². The Balaban J connectivity index is 2.12. The molecule has 0 amide bonds. The average molecular weight is 176 g/mol. The summed E-state index contributed by atoms with van der Waals surface area (Å²) in [5.41, 5.74) is 13.9. The molecule has 13 heavy (non-hydrogen) atoms. The van der Waals surface area contributed by atoms with Gasteiger partial charge in [-0.1, -0.05) is 24.3 Å². The van der Waals surface area contributed by atoms with Gasteiger partial charge in [0, 0.05) is 12.6 Å². The summed E-state index contributed by atoms with van der Waals surface area (Å²) >= 11 is 0. The number of nitrogens with two attached hydrogens (primary N) is 2. The summed E-state index contributed by atoms with van der Waals surface area (Å²) in [6.07, 6.45) is 2.70. The van der Waals surface area contributed by atoms with E-state index in [-0.39, 0.29) is 6.04 Å². The Morgan fingerprint density at radius 3 is 2.31 bits per heavy atom. The largest absolute Gasteiger partial charge is 0.329 e. The van der Waals surface area contributed by atoms with E-state index in [0.717, 1.165) is 11.5 Å². The Morgan fingerprint density at radius 1 is 1.23 bits per heavy atom. The van der Waals surface area contributed by atoms with E-state index in [1.807, 2.05) is 0 Å². The molecule has 2 rings (SSSR count). The fourth-order valence-electron chi connectivity index (χ4n) is 1.57. The molecule has 1 aliphatic rings. The molecule has 0 saturated heterocycles. The van der Waals surface area contributed by atoms with Crippen LogP contribution in [-0.2, 0) is 0 Å². The Morgan fingerprint density at radius 2 is 1.85 bits per heavy atom. The maximum Gasteiger partial charge on any atom is 0.0419 e. The highest BCUT2D eigenvalue weighted by Crippen LogP contribution is 2.40. The summed E-state index contributed by atoms with van der Waals surface area (Å²) in [6, 6.07) is 8.56. The molecule has 1 aromatic rings. The minimum Gasteiger partial charge on any atom is -0.329 e. The third kappa shape index (κ3) is 1.90. The minimum atomic E-state index is -0.00625. The predicted molar refractivity (Wildman–Crippen MR) is 54.4 cm³/mol. The third-order valence-electron chi connectivity index (χ3n) is 2.67. The van der Waals surface area contributed by atoms with E-state index in [2.05, 4.69) is 24.3 Å². The third-order valence-corrected chi connectivity index (χ3v) is 2.67. The van der Waals surface area contributed by atoms with Crippen LogP contribution in [-0.4, -0.2) is 6.54 Å². The van der Waals surface area contributed by atoms with Crippen molar-refractivity contribution in [1.82, 2.24) is 0 Å². The molecular formula is C11H16N2. The maximum absolute atomic E-state index is 5.81. The van der Waals surface area contributed by atoms with E-state index in [4.69, 9.17) is 11.5 Å². The smallest absolute Gasteiger partial charge is 0.0419 e. The van der Waals surface area contributed by atoms with Crippen LogP contribution in [0.4, 0.5) is 0 Å². The minimum absolute atomic E-state index is 0.00625. The zero-order valence-corrected chi connectivity index (χ0v) is 7.74. The summed E-state index contributed by atoms with van der Waals surface area (Å²) in [6.45, 7) is 0.517. The van der Waals surface area contributed by atoms with Gasteiger partial charge in [-0.25, -0.2) is 0 Å².